The predicted octanol–water partition coefficient (Wildman–Crippen LogP) is 3.99. The number of rotatable bonds is 4. The van der Waals surface area contributed by atoms with Crippen LogP contribution in [0.4, 0.5) is 0 Å². The van der Waals surface area contributed by atoms with E-state index in [2.05, 4.69) is 23.3 Å². The summed E-state index contributed by atoms with van der Waals surface area (Å²) in [4.78, 5) is 4.38. The highest BCUT2D eigenvalue weighted by molar-refractivity contribution is 5.82. The van der Waals surface area contributed by atoms with Crippen LogP contribution in [0.3, 0.4) is 0 Å². The molecule has 0 bridgehead atoms. The molecule has 1 aromatic carbocycles. The van der Waals surface area contributed by atoms with Crippen molar-refractivity contribution in [1.29, 1.82) is 0 Å². The van der Waals surface area contributed by atoms with Crippen molar-refractivity contribution >= 4 is 11.0 Å². The molecule has 0 aliphatic rings. The average molecular weight is 266 g/mol. The molecule has 0 unspecified atom stereocenters. The molecule has 0 aliphatic heterocycles. The molecule has 0 amide bonds. The number of hydrogen-bond donors (Lipinski definition) is 1. The first-order chi connectivity index (χ1) is 9.75. The van der Waals surface area contributed by atoms with Gasteiger partial charge in [-0.2, -0.15) is 0 Å². The van der Waals surface area contributed by atoms with Gasteiger partial charge >= 0.3 is 0 Å². The minimum Gasteiger partial charge on any atom is -0.461 e. The highest BCUT2D eigenvalue weighted by Gasteiger charge is 2.12. The van der Waals surface area contributed by atoms with Crippen molar-refractivity contribution < 1.29 is 4.42 Å². The van der Waals surface area contributed by atoms with Crippen LogP contribution in [-0.4, -0.2) is 4.98 Å². The van der Waals surface area contributed by atoms with Crippen molar-refractivity contribution in [2.75, 3.05) is 0 Å². The van der Waals surface area contributed by atoms with Crippen LogP contribution in [0.2, 0.25) is 0 Å². The summed E-state index contributed by atoms with van der Waals surface area (Å²) < 4.78 is 5.78. The summed E-state index contributed by atoms with van der Waals surface area (Å²) in [6.07, 6.45) is 1.83. The van der Waals surface area contributed by atoms with E-state index in [0.29, 0.717) is 0 Å². The lowest BCUT2D eigenvalue weighted by Crippen LogP contribution is -2.19. The number of nitrogens with one attached hydrogen (secondary N) is 1. The molecule has 0 saturated heterocycles. The molecule has 0 aliphatic carbocycles. The van der Waals surface area contributed by atoms with E-state index in [9.17, 15) is 0 Å². The smallest absolute Gasteiger partial charge is 0.134 e. The first-order valence-corrected chi connectivity index (χ1v) is 6.87. The third kappa shape index (κ3) is 2.45. The second kappa shape index (κ2) is 5.47. The topological polar surface area (TPSA) is 38.1 Å². The molecule has 1 N–H and O–H groups in total. The predicted molar refractivity (Wildman–Crippen MR) is 80.4 cm³/mol. The van der Waals surface area contributed by atoms with Gasteiger partial charge < -0.3 is 9.73 Å². The minimum atomic E-state index is 0.212. The van der Waals surface area contributed by atoms with Crippen LogP contribution in [0, 0.1) is 6.92 Å². The van der Waals surface area contributed by atoms with Crippen molar-refractivity contribution in [2.24, 2.45) is 0 Å². The van der Waals surface area contributed by atoms with Crippen LogP contribution < -0.4 is 5.32 Å². The zero-order valence-electron chi connectivity index (χ0n) is 11.8. The molecule has 3 heteroatoms. The molecule has 0 radical (unpaired) electrons. The van der Waals surface area contributed by atoms with Gasteiger partial charge in [-0.05, 0) is 32.0 Å². The van der Waals surface area contributed by atoms with Crippen LogP contribution in [0.15, 0.2) is 53.1 Å². The van der Waals surface area contributed by atoms with E-state index < -0.39 is 0 Å². The van der Waals surface area contributed by atoms with Gasteiger partial charge in [0.2, 0.25) is 0 Å². The third-order valence-electron chi connectivity index (χ3n) is 3.62. The summed E-state index contributed by atoms with van der Waals surface area (Å²) in [5, 5.41) is 4.70. The number of benzene rings is 1. The Balaban J connectivity index is 1.79. The van der Waals surface area contributed by atoms with Crippen LogP contribution in [0.25, 0.3) is 11.0 Å². The SMILES string of the molecule is Cc1oc2ccccc2c1CN[C@@H](C)c1ccccn1. The number of nitrogens with zero attached hydrogens (tertiary/aromatic N) is 1. The Morgan fingerprint density at radius 3 is 2.75 bits per heavy atom. The molecule has 3 aromatic rings. The molecule has 3 rings (SSSR count). The number of furan rings is 1. The van der Waals surface area contributed by atoms with Crippen molar-refractivity contribution in [3.8, 4) is 0 Å². The molecular formula is C17H18N2O. The molecule has 3 nitrogen and oxygen atoms in total. The Kier molecular flexibility index (Phi) is 3.52. The quantitative estimate of drug-likeness (QED) is 0.776. The van der Waals surface area contributed by atoms with Crippen molar-refractivity contribution in [1.82, 2.24) is 10.3 Å². The zero-order valence-corrected chi connectivity index (χ0v) is 11.8. The van der Waals surface area contributed by atoms with Crippen LogP contribution in [0.5, 0.6) is 0 Å². The van der Waals surface area contributed by atoms with Gasteiger partial charge in [-0.25, -0.2) is 0 Å². The maximum absolute atomic E-state index is 5.78. The first-order valence-electron chi connectivity index (χ1n) is 6.87. The summed E-state index contributed by atoms with van der Waals surface area (Å²) in [5.74, 6) is 0.979. The number of fused-ring (bicyclic) bond motifs is 1. The number of pyridine rings is 1. The van der Waals surface area contributed by atoms with E-state index in [4.69, 9.17) is 4.42 Å². The molecule has 1 atom stereocenters. The Morgan fingerprint density at radius 2 is 1.95 bits per heavy atom. The van der Waals surface area contributed by atoms with Gasteiger partial charge in [0.05, 0.1) is 5.69 Å². The standard InChI is InChI=1S/C17H18N2O/c1-12(16-8-5-6-10-18-16)19-11-15-13(2)20-17-9-4-3-7-14(15)17/h3-10,12,19H,11H2,1-2H3/t12-/m0/s1. The molecule has 0 fully saturated rings. The second-order valence-electron chi connectivity index (χ2n) is 4.99. The number of aryl methyl sites for hydroxylation is 1. The molecule has 2 aromatic heterocycles. The van der Waals surface area contributed by atoms with Crippen LogP contribution >= 0.6 is 0 Å². The lowest BCUT2D eigenvalue weighted by atomic mass is 10.1. The fourth-order valence-electron chi connectivity index (χ4n) is 2.43. The van der Waals surface area contributed by atoms with Gasteiger partial charge in [-0.3, -0.25) is 4.98 Å². The Bertz CT molecular complexity index is 703. The largest absolute Gasteiger partial charge is 0.461 e. The summed E-state index contributed by atoms with van der Waals surface area (Å²) in [6, 6.07) is 14.4. The van der Waals surface area contributed by atoms with Crippen molar-refractivity contribution in [3.05, 3.63) is 65.7 Å². The van der Waals surface area contributed by atoms with Gasteiger partial charge in [0.15, 0.2) is 0 Å². The van der Waals surface area contributed by atoms with E-state index in [1.165, 1.54) is 10.9 Å². The van der Waals surface area contributed by atoms with Crippen molar-refractivity contribution in [2.45, 2.75) is 26.4 Å². The van der Waals surface area contributed by atoms with Gasteiger partial charge in [-0.1, -0.05) is 24.3 Å². The average Bonchev–Trinajstić information content (AvgIpc) is 2.81. The lowest BCUT2D eigenvalue weighted by molar-refractivity contribution is 0.538. The Morgan fingerprint density at radius 1 is 1.15 bits per heavy atom. The molecule has 0 saturated carbocycles. The Labute approximate surface area is 118 Å². The molecule has 20 heavy (non-hydrogen) atoms. The first kappa shape index (κ1) is 12.9. The second-order valence-corrected chi connectivity index (χ2v) is 4.99. The fraction of sp³-hybridized carbons (Fsp3) is 0.235. The Hall–Kier alpha value is -2.13. The monoisotopic (exact) mass is 266 g/mol. The molecule has 2 heterocycles. The van der Waals surface area contributed by atoms with Crippen LogP contribution in [0.1, 0.15) is 30.0 Å². The molecular weight excluding hydrogens is 248 g/mol. The van der Waals surface area contributed by atoms with Gasteiger partial charge in [-0.15, -0.1) is 0 Å². The minimum absolute atomic E-state index is 0.212. The third-order valence-corrected chi connectivity index (χ3v) is 3.62. The van der Waals surface area contributed by atoms with E-state index in [0.717, 1.165) is 23.6 Å². The maximum atomic E-state index is 5.78. The summed E-state index contributed by atoms with van der Waals surface area (Å²) in [7, 11) is 0. The number of para-hydroxylation sites is 1. The number of hydrogen-bond acceptors (Lipinski definition) is 3. The summed E-state index contributed by atoms with van der Waals surface area (Å²) in [5.41, 5.74) is 3.23. The lowest BCUT2D eigenvalue weighted by Gasteiger charge is -2.12. The summed E-state index contributed by atoms with van der Waals surface area (Å²) in [6.45, 7) is 4.92. The maximum Gasteiger partial charge on any atom is 0.134 e. The molecule has 102 valence electrons. The van der Waals surface area contributed by atoms with E-state index >= 15 is 0 Å². The highest BCUT2D eigenvalue weighted by Crippen LogP contribution is 2.25. The van der Waals surface area contributed by atoms with E-state index in [-0.39, 0.29) is 6.04 Å². The van der Waals surface area contributed by atoms with Gasteiger partial charge in [0, 0.05) is 29.7 Å². The van der Waals surface area contributed by atoms with E-state index in [1.807, 2.05) is 49.5 Å². The summed E-state index contributed by atoms with van der Waals surface area (Å²) >= 11 is 0. The molecule has 0 spiro atoms. The zero-order chi connectivity index (χ0) is 13.9. The fourth-order valence-corrected chi connectivity index (χ4v) is 2.43. The van der Waals surface area contributed by atoms with Gasteiger partial charge in [0.25, 0.3) is 0 Å². The number of aromatic nitrogens is 1. The van der Waals surface area contributed by atoms with Gasteiger partial charge in [0.1, 0.15) is 11.3 Å². The highest BCUT2D eigenvalue weighted by atomic mass is 16.3. The van der Waals surface area contributed by atoms with E-state index in [1.54, 1.807) is 0 Å². The normalized spacial score (nSPS) is 12.7. The van der Waals surface area contributed by atoms with Crippen molar-refractivity contribution in [3.63, 3.8) is 0 Å². The van der Waals surface area contributed by atoms with Crippen LogP contribution in [-0.2, 0) is 6.54 Å².